The molecule has 3 heteroatoms. The molecular weight excluding hydrogens is 344 g/mol. The van der Waals surface area contributed by atoms with Crippen molar-refractivity contribution in [2.24, 2.45) is 0 Å². The summed E-state index contributed by atoms with van der Waals surface area (Å²) in [7, 11) is 0. The van der Waals surface area contributed by atoms with E-state index in [-0.39, 0.29) is 0 Å². The Kier molecular flexibility index (Phi) is 5.39. The molecule has 0 atom stereocenters. The normalized spacial score (nSPS) is 9.84. The maximum atomic E-state index is 11.3. The highest BCUT2D eigenvalue weighted by atomic mass is 32.1. The van der Waals surface area contributed by atoms with Crippen molar-refractivity contribution in [3.63, 3.8) is 0 Å². The topological polar surface area (TPSA) is 20.2 Å². The SMILES string of the molecule is CC#Cc1ccccc1C(O)(C#Cc1cccs1)C#Cc1cccs1. The van der Waals surface area contributed by atoms with Gasteiger partial charge in [-0.05, 0) is 47.7 Å². The molecule has 120 valence electrons. The summed E-state index contributed by atoms with van der Waals surface area (Å²) in [6.07, 6.45) is 0. The molecule has 0 fully saturated rings. The minimum absolute atomic E-state index is 0.609. The lowest BCUT2D eigenvalue weighted by molar-refractivity contribution is 0.164. The Balaban J connectivity index is 2.13. The number of hydrogen-bond acceptors (Lipinski definition) is 3. The van der Waals surface area contributed by atoms with Crippen molar-refractivity contribution >= 4 is 22.7 Å². The van der Waals surface area contributed by atoms with Crippen molar-refractivity contribution in [1.29, 1.82) is 0 Å². The maximum absolute atomic E-state index is 11.3. The first-order valence-corrected chi connectivity index (χ1v) is 9.35. The summed E-state index contributed by atoms with van der Waals surface area (Å²) >= 11 is 3.06. The second kappa shape index (κ2) is 7.89. The first-order chi connectivity index (χ1) is 12.2. The van der Waals surface area contributed by atoms with E-state index in [4.69, 9.17) is 0 Å². The van der Waals surface area contributed by atoms with E-state index in [0.29, 0.717) is 5.56 Å². The molecule has 0 radical (unpaired) electrons. The van der Waals surface area contributed by atoms with Crippen LogP contribution in [0.25, 0.3) is 0 Å². The minimum Gasteiger partial charge on any atom is -0.363 e. The highest BCUT2D eigenvalue weighted by molar-refractivity contribution is 7.10. The van der Waals surface area contributed by atoms with Crippen LogP contribution in [0.5, 0.6) is 0 Å². The Morgan fingerprint density at radius 2 is 1.40 bits per heavy atom. The number of hydrogen-bond donors (Lipinski definition) is 1. The van der Waals surface area contributed by atoms with Crippen LogP contribution in [0.3, 0.4) is 0 Å². The molecule has 2 heterocycles. The highest BCUT2D eigenvalue weighted by Gasteiger charge is 2.27. The van der Waals surface area contributed by atoms with Crippen LogP contribution in [0.15, 0.2) is 59.3 Å². The molecule has 0 saturated heterocycles. The Labute approximate surface area is 156 Å². The molecule has 1 aromatic carbocycles. The third-order valence-corrected chi connectivity index (χ3v) is 4.92. The fraction of sp³-hybridized carbons (Fsp3) is 0.0909. The third kappa shape index (κ3) is 4.21. The van der Waals surface area contributed by atoms with Crippen LogP contribution in [-0.2, 0) is 5.60 Å². The van der Waals surface area contributed by atoms with Crippen LogP contribution >= 0.6 is 22.7 Å². The molecule has 0 bridgehead atoms. The zero-order chi connectivity index (χ0) is 17.5. The second-order valence-corrected chi connectivity index (χ2v) is 6.98. The molecule has 3 aromatic rings. The van der Waals surface area contributed by atoms with E-state index in [1.165, 1.54) is 22.7 Å². The Hall–Kier alpha value is -2.74. The highest BCUT2D eigenvalue weighted by Crippen LogP contribution is 2.24. The van der Waals surface area contributed by atoms with Crippen LogP contribution in [-0.4, -0.2) is 5.11 Å². The van der Waals surface area contributed by atoms with Crippen LogP contribution in [0.4, 0.5) is 0 Å². The van der Waals surface area contributed by atoms with Gasteiger partial charge >= 0.3 is 0 Å². The quantitative estimate of drug-likeness (QED) is 0.636. The van der Waals surface area contributed by atoms with E-state index >= 15 is 0 Å². The lowest BCUT2D eigenvalue weighted by Gasteiger charge is -2.17. The molecule has 0 spiro atoms. The van der Waals surface area contributed by atoms with Crippen molar-refractivity contribution in [1.82, 2.24) is 0 Å². The summed E-state index contributed by atoms with van der Waals surface area (Å²) in [5.74, 6) is 17.9. The zero-order valence-corrected chi connectivity index (χ0v) is 15.2. The van der Waals surface area contributed by atoms with E-state index in [0.717, 1.165) is 15.3 Å². The molecule has 0 saturated carbocycles. The molecule has 1 nitrogen and oxygen atoms in total. The average Bonchev–Trinajstić information content (AvgIpc) is 3.33. The first kappa shape index (κ1) is 17.1. The lowest BCUT2D eigenvalue weighted by Crippen LogP contribution is -2.23. The Morgan fingerprint density at radius 1 is 0.800 bits per heavy atom. The van der Waals surface area contributed by atoms with Crippen molar-refractivity contribution in [2.75, 3.05) is 0 Å². The van der Waals surface area contributed by atoms with Gasteiger partial charge in [-0.1, -0.05) is 48.1 Å². The van der Waals surface area contributed by atoms with Gasteiger partial charge in [-0.15, -0.1) is 28.6 Å². The first-order valence-electron chi connectivity index (χ1n) is 7.59. The summed E-state index contributed by atoms with van der Waals surface area (Å²) in [4.78, 5) is 1.77. The molecule has 0 aliphatic rings. The van der Waals surface area contributed by atoms with Gasteiger partial charge in [0.15, 0.2) is 0 Å². The Bertz CT molecular complexity index is 972. The molecule has 3 rings (SSSR count). The smallest absolute Gasteiger partial charge is 0.216 e. The van der Waals surface area contributed by atoms with Crippen molar-refractivity contribution in [3.8, 4) is 35.5 Å². The van der Waals surface area contributed by atoms with Crippen LogP contribution < -0.4 is 0 Å². The summed E-state index contributed by atoms with van der Waals surface area (Å²) < 4.78 is 0. The van der Waals surface area contributed by atoms with E-state index < -0.39 is 5.60 Å². The Morgan fingerprint density at radius 3 is 1.92 bits per heavy atom. The van der Waals surface area contributed by atoms with E-state index in [1.54, 1.807) is 6.92 Å². The standard InChI is InChI=1S/C22H14OS2/c1-2-7-18-8-3-4-11-21(18)22(23,14-12-19-9-5-16-24-19)15-13-20-10-6-17-25-20/h3-6,8-11,16-17,23H,1H3. The molecule has 2 aromatic heterocycles. The number of aliphatic hydroxyl groups is 1. The predicted octanol–water partition coefficient (Wildman–Crippen LogP) is 4.47. The largest absolute Gasteiger partial charge is 0.363 e. The molecule has 1 N–H and O–H groups in total. The van der Waals surface area contributed by atoms with Gasteiger partial charge in [0.2, 0.25) is 5.60 Å². The average molecular weight is 358 g/mol. The summed E-state index contributed by atoms with van der Waals surface area (Å²) in [6.45, 7) is 1.77. The fourth-order valence-corrected chi connectivity index (χ4v) is 3.35. The van der Waals surface area contributed by atoms with Gasteiger partial charge in [0.25, 0.3) is 0 Å². The van der Waals surface area contributed by atoms with Gasteiger partial charge in [-0.25, -0.2) is 0 Å². The van der Waals surface area contributed by atoms with Crippen LogP contribution in [0.1, 0.15) is 27.8 Å². The second-order valence-electron chi connectivity index (χ2n) is 5.09. The van der Waals surface area contributed by atoms with Crippen LogP contribution in [0.2, 0.25) is 0 Å². The van der Waals surface area contributed by atoms with Crippen molar-refractivity contribution < 1.29 is 5.11 Å². The molecule has 0 unspecified atom stereocenters. The number of benzene rings is 1. The molecule has 0 aliphatic carbocycles. The molecule has 0 amide bonds. The summed E-state index contributed by atoms with van der Waals surface area (Å²) in [5.41, 5.74) is -0.250. The summed E-state index contributed by atoms with van der Waals surface area (Å²) in [6, 6.07) is 15.2. The van der Waals surface area contributed by atoms with Gasteiger partial charge in [-0.2, -0.15) is 0 Å². The van der Waals surface area contributed by atoms with E-state index in [2.05, 4.69) is 35.5 Å². The van der Waals surface area contributed by atoms with Gasteiger partial charge < -0.3 is 5.11 Å². The summed E-state index contributed by atoms with van der Waals surface area (Å²) in [5, 5.41) is 15.2. The number of rotatable bonds is 1. The molecule has 25 heavy (non-hydrogen) atoms. The van der Waals surface area contributed by atoms with Crippen LogP contribution in [0, 0.1) is 35.5 Å². The van der Waals surface area contributed by atoms with Gasteiger partial charge in [0.1, 0.15) is 0 Å². The maximum Gasteiger partial charge on any atom is 0.216 e. The molecular formula is C22H14OS2. The molecule has 0 aliphatic heterocycles. The number of thiophene rings is 2. The zero-order valence-electron chi connectivity index (χ0n) is 13.5. The lowest BCUT2D eigenvalue weighted by atomic mass is 9.90. The van der Waals surface area contributed by atoms with Crippen molar-refractivity contribution in [2.45, 2.75) is 12.5 Å². The minimum atomic E-state index is -1.59. The van der Waals surface area contributed by atoms with Gasteiger partial charge in [0.05, 0.1) is 9.75 Å². The fourth-order valence-electron chi connectivity index (χ4n) is 2.21. The third-order valence-electron chi connectivity index (χ3n) is 3.35. The van der Waals surface area contributed by atoms with E-state index in [9.17, 15) is 5.11 Å². The predicted molar refractivity (Wildman–Crippen MR) is 105 cm³/mol. The van der Waals surface area contributed by atoms with Gasteiger partial charge in [-0.3, -0.25) is 0 Å². The van der Waals surface area contributed by atoms with Crippen molar-refractivity contribution in [3.05, 3.63) is 80.2 Å². The van der Waals surface area contributed by atoms with E-state index in [1.807, 2.05) is 59.3 Å². The van der Waals surface area contributed by atoms with Gasteiger partial charge in [0, 0.05) is 11.1 Å². The monoisotopic (exact) mass is 358 g/mol.